The SMILES string of the molecule is Cc1cnc(Nc2cccc(NC(=O)c3ccc(NC(=O)C=CCN(C)C)cc3)c2)nc1-c1c[nH]c2c(C)cccc12. The smallest absolute Gasteiger partial charge is 0.255 e. The van der Waals surface area contributed by atoms with Gasteiger partial charge in [-0.05, 0) is 81.5 Å². The number of aromatic amines is 1. The highest BCUT2D eigenvalue weighted by atomic mass is 16.2. The number of para-hydroxylation sites is 1. The number of rotatable bonds is 9. The number of nitrogens with zero attached hydrogens (tertiary/aromatic N) is 3. The molecule has 0 spiro atoms. The van der Waals surface area contributed by atoms with Crippen molar-refractivity contribution >= 4 is 45.7 Å². The van der Waals surface area contributed by atoms with Gasteiger partial charge in [-0.3, -0.25) is 9.59 Å². The quantitative estimate of drug-likeness (QED) is 0.158. The van der Waals surface area contributed by atoms with Crippen LogP contribution in [0.5, 0.6) is 0 Å². The van der Waals surface area contributed by atoms with Crippen LogP contribution in [-0.4, -0.2) is 52.3 Å². The first-order valence-electron chi connectivity index (χ1n) is 13.6. The van der Waals surface area contributed by atoms with Crippen LogP contribution >= 0.6 is 0 Å². The predicted molar refractivity (Wildman–Crippen MR) is 169 cm³/mol. The maximum absolute atomic E-state index is 12.9. The summed E-state index contributed by atoms with van der Waals surface area (Å²) < 4.78 is 0. The molecule has 3 aromatic carbocycles. The summed E-state index contributed by atoms with van der Waals surface area (Å²) in [4.78, 5) is 39.6. The molecule has 9 nitrogen and oxygen atoms in total. The van der Waals surface area contributed by atoms with Gasteiger partial charge < -0.3 is 25.8 Å². The lowest BCUT2D eigenvalue weighted by atomic mass is 10.1. The minimum Gasteiger partial charge on any atom is -0.360 e. The van der Waals surface area contributed by atoms with Gasteiger partial charge in [0.15, 0.2) is 0 Å². The van der Waals surface area contributed by atoms with Gasteiger partial charge >= 0.3 is 0 Å². The second-order valence-electron chi connectivity index (χ2n) is 10.3. The molecule has 2 amide bonds. The standard InChI is InChI=1S/C33H33N7O2/c1-21-8-5-11-27-28(20-34-30(21)27)31-22(2)19-35-33(39-31)38-26-10-6-9-25(18-26)37-32(42)23-13-15-24(16-14-23)36-29(41)12-7-17-40(3)4/h5-16,18-20,34H,17H2,1-4H3,(H,36,41)(H,37,42)(H,35,38,39). The molecule has 2 heterocycles. The molecule has 42 heavy (non-hydrogen) atoms. The Hall–Kier alpha value is -5.28. The van der Waals surface area contributed by atoms with Crippen LogP contribution < -0.4 is 16.0 Å². The second kappa shape index (κ2) is 12.5. The minimum atomic E-state index is -0.264. The number of hydrogen-bond donors (Lipinski definition) is 4. The highest BCUT2D eigenvalue weighted by Crippen LogP contribution is 2.31. The summed E-state index contributed by atoms with van der Waals surface area (Å²) in [5.41, 5.74) is 7.53. The molecule has 212 valence electrons. The van der Waals surface area contributed by atoms with Crippen LogP contribution in [0, 0.1) is 13.8 Å². The third-order valence-electron chi connectivity index (χ3n) is 6.68. The van der Waals surface area contributed by atoms with Gasteiger partial charge in [0.1, 0.15) is 0 Å². The zero-order chi connectivity index (χ0) is 29.6. The van der Waals surface area contributed by atoms with E-state index in [9.17, 15) is 9.59 Å². The molecule has 5 aromatic rings. The molecule has 0 fully saturated rings. The molecule has 0 aliphatic carbocycles. The van der Waals surface area contributed by atoms with Crippen molar-refractivity contribution in [3.8, 4) is 11.3 Å². The molecule has 5 rings (SSSR count). The van der Waals surface area contributed by atoms with Gasteiger partial charge in [-0.25, -0.2) is 9.97 Å². The number of benzene rings is 3. The molecule has 9 heteroatoms. The normalized spacial score (nSPS) is 11.3. The molecule has 4 N–H and O–H groups in total. The van der Waals surface area contributed by atoms with Crippen LogP contribution in [0.25, 0.3) is 22.2 Å². The zero-order valence-corrected chi connectivity index (χ0v) is 24.0. The fourth-order valence-electron chi connectivity index (χ4n) is 4.54. The second-order valence-corrected chi connectivity index (χ2v) is 10.3. The number of anilines is 4. The van der Waals surface area contributed by atoms with Crippen molar-refractivity contribution in [3.05, 3.63) is 108 Å². The van der Waals surface area contributed by atoms with Crippen molar-refractivity contribution in [2.45, 2.75) is 13.8 Å². The van der Waals surface area contributed by atoms with Crippen LogP contribution in [0.15, 0.2) is 91.3 Å². The predicted octanol–water partition coefficient (Wildman–Crippen LogP) is 6.29. The van der Waals surface area contributed by atoms with E-state index < -0.39 is 0 Å². The van der Waals surface area contributed by atoms with Gasteiger partial charge in [0, 0.05) is 64.1 Å². The maximum atomic E-state index is 12.9. The summed E-state index contributed by atoms with van der Waals surface area (Å²) in [6, 6.07) is 20.3. The van der Waals surface area contributed by atoms with E-state index in [0.717, 1.165) is 33.4 Å². The van der Waals surface area contributed by atoms with Gasteiger partial charge in [0.25, 0.3) is 5.91 Å². The van der Waals surface area contributed by atoms with Crippen LogP contribution in [-0.2, 0) is 4.79 Å². The number of amides is 2. The highest BCUT2D eigenvalue weighted by Gasteiger charge is 2.13. The fraction of sp³-hybridized carbons (Fsp3) is 0.152. The molecule has 0 atom stereocenters. The maximum Gasteiger partial charge on any atom is 0.255 e. The summed E-state index contributed by atoms with van der Waals surface area (Å²) in [5, 5.41) is 10.1. The number of likely N-dealkylation sites (N-methyl/N-ethyl adjacent to an activating group) is 1. The van der Waals surface area contributed by atoms with Crippen molar-refractivity contribution in [2.24, 2.45) is 0 Å². The lowest BCUT2D eigenvalue weighted by Crippen LogP contribution is -2.13. The van der Waals surface area contributed by atoms with E-state index in [0.29, 0.717) is 29.4 Å². The van der Waals surface area contributed by atoms with Crippen molar-refractivity contribution in [2.75, 3.05) is 36.6 Å². The molecular weight excluding hydrogens is 526 g/mol. The Bertz CT molecular complexity index is 1770. The van der Waals surface area contributed by atoms with E-state index in [1.54, 1.807) is 36.5 Å². The zero-order valence-electron chi connectivity index (χ0n) is 24.0. The Kier molecular flexibility index (Phi) is 8.40. The first-order valence-corrected chi connectivity index (χ1v) is 13.6. The summed E-state index contributed by atoms with van der Waals surface area (Å²) in [6.45, 7) is 4.75. The summed E-state index contributed by atoms with van der Waals surface area (Å²) in [6.07, 6.45) is 7.07. The first kappa shape index (κ1) is 28.3. The highest BCUT2D eigenvalue weighted by molar-refractivity contribution is 6.05. The van der Waals surface area contributed by atoms with Crippen LogP contribution in [0.2, 0.25) is 0 Å². The Morgan fingerprint density at radius 3 is 2.45 bits per heavy atom. The summed E-state index contributed by atoms with van der Waals surface area (Å²) in [5.74, 6) is -0.0331. The van der Waals surface area contributed by atoms with E-state index in [-0.39, 0.29) is 11.8 Å². The molecule has 0 aliphatic rings. The van der Waals surface area contributed by atoms with Crippen molar-refractivity contribution in [1.82, 2.24) is 19.9 Å². The first-order chi connectivity index (χ1) is 20.3. The Morgan fingerprint density at radius 2 is 1.67 bits per heavy atom. The Balaban J connectivity index is 1.25. The molecule has 2 aromatic heterocycles. The van der Waals surface area contributed by atoms with Crippen molar-refractivity contribution < 1.29 is 9.59 Å². The average Bonchev–Trinajstić information content (AvgIpc) is 3.40. The molecule has 0 radical (unpaired) electrons. The van der Waals surface area contributed by atoms with Crippen LogP contribution in [0.3, 0.4) is 0 Å². The monoisotopic (exact) mass is 559 g/mol. The van der Waals surface area contributed by atoms with Crippen molar-refractivity contribution in [1.29, 1.82) is 0 Å². The minimum absolute atomic E-state index is 0.223. The summed E-state index contributed by atoms with van der Waals surface area (Å²) >= 11 is 0. The van der Waals surface area contributed by atoms with Gasteiger partial charge in [-0.1, -0.05) is 30.3 Å². The van der Waals surface area contributed by atoms with Crippen molar-refractivity contribution in [3.63, 3.8) is 0 Å². The lowest BCUT2D eigenvalue weighted by molar-refractivity contribution is -0.111. The topological polar surface area (TPSA) is 115 Å². The number of aromatic nitrogens is 3. The van der Waals surface area contributed by atoms with E-state index in [2.05, 4.69) is 45.0 Å². The van der Waals surface area contributed by atoms with Gasteiger partial charge in [0.05, 0.1) is 5.69 Å². The van der Waals surface area contributed by atoms with E-state index >= 15 is 0 Å². The number of fused-ring (bicyclic) bond motifs is 1. The van der Waals surface area contributed by atoms with E-state index in [4.69, 9.17) is 4.98 Å². The summed E-state index contributed by atoms with van der Waals surface area (Å²) in [7, 11) is 3.86. The van der Waals surface area contributed by atoms with E-state index in [1.807, 2.05) is 62.4 Å². The molecule has 0 unspecified atom stereocenters. The number of aryl methyl sites for hydroxylation is 2. The van der Waals surface area contributed by atoms with Gasteiger partial charge in [-0.15, -0.1) is 0 Å². The largest absolute Gasteiger partial charge is 0.360 e. The number of H-pyrrole nitrogens is 1. The molecule has 0 aliphatic heterocycles. The molecular formula is C33H33N7O2. The lowest BCUT2D eigenvalue weighted by Gasteiger charge is -2.11. The molecule has 0 bridgehead atoms. The van der Waals surface area contributed by atoms with Crippen LogP contribution in [0.4, 0.5) is 23.0 Å². The Morgan fingerprint density at radius 1 is 0.905 bits per heavy atom. The van der Waals surface area contributed by atoms with Gasteiger partial charge in [-0.2, -0.15) is 0 Å². The molecule has 0 saturated heterocycles. The number of nitrogens with one attached hydrogen (secondary N) is 4. The number of carbonyl (C=O) groups is 2. The fourth-order valence-corrected chi connectivity index (χ4v) is 4.54. The molecule has 0 saturated carbocycles. The van der Waals surface area contributed by atoms with E-state index in [1.165, 1.54) is 11.6 Å². The average molecular weight is 560 g/mol. The number of carbonyl (C=O) groups excluding carboxylic acids is 2. The number of hydrogen-bond acceptors (Lipinski definition) is 6. The Labute approximate surface area is 244 Å². The third kappa shape index (κ3) is 6.71. The van der Waals surface area contributed by atoms with Gasteiger partial charge in [0.2, 0.25) is 11.9 Å². The van der Waals surface area contributed by atoms with Crippen LogP contribution in [0.1, 0.15) is 21.5 Å². The third-order valence-corrected chi connectivity index (χ3v) is 6.68.